The Labute approximate surface area is 203 Å². The van der Waals surface area contributed by atoms with Gasteiger partial charge in [-0.2, -0.15) is 0 Å². The zero-order valence-corrected chi connectivity index (χ0v) is 20.5. The molecule has 1 amide bonds. The molecule has 10 heteroatoms. The Morgan fingerprint density at radius 2 is 1.91 bits per heavy atom. The lowest BCUT2D eigenvalue weighted by atomic mass is 9.44. The summed E-state index contributed by atoms with van der Waals surface area (Å²) in [5.74, 6) is -3.00. The van der Waals surface area contributed by atoms with E-state index >= 15 is 8.78 Å². The maximum absolute atomic E-state index is 15.2. The van der Waals surface area contributed by atoms with E-state index < -0.39 is 40.0 Å². The SMILES string of the molecule is CCS(=O)(=O)N[C@@H]1[C@H](Cc2cccc(-c3cccc(OC)n3)c2)N(C(=O)C23CC(C2)C3)CC1(F)F. The van der Waals surface area contributed by atoms with E-state index in [-0.39, 0.29) is 18.1 Å². The fourth-order valence-electron chi connectivity index (χ4n) is 5.63. The van der Waals surface area contributed by atoms with Crippen LogP contribution in [0.2, 0.25) is 0 Å². The van der Waals surface area contributed by atoms with Gasteiger partial charge in [0.2, 0.25) is 21.8 Å². The molecule has 35 heavy (non-hydrogen) atoms. The second-order valence-corrected chi connectivity index (χ2v) is 12.0. The topological polar surface area (TPSA) is 88.6 Å². The molecular formula is C25H29F2N3O4S. The number of ether oxygens (including phenoxy) is 1. The van der Waals surface area contributed by atoms with Crippen molar-refractivity contribution in [3.63, 3.8) is 0 Å². The molecule has 0 unspecified atom stereocenters. The second kappa shape index (κ2) is 8.51. The minimum Gasteiger partial charge on any atom is -0.481 e. The van der Waals surface area contributed by atoms with Crippen molar-refractivity contribution in [1.29, 1.82) is 0 Å². The first kappa shape index (κ1) is 24.1. The van der Waals surface area contributed by atoms with Gasteiger partial charge in [-0.05, 0) is 56.2 Å². The van der Waals surface area contributed by atoms with Crippen LogP contribution in [0.4, 0.5) is 8.78 Å². The lowest BCUT2D eigenvalue weighted by Crippen LogP contribution is -2.62. The number of alkyl halides is 2. The lowest BCUT2D eigenvalue weighted by molar-refractivity contribution is -0.178. The van der Waals surface area contributed by atoms with Crippen LogP contribution in [0.15, 0.2) is 42.5 Å². The summed E-state index contributed by atoms with van der Waals surface area (Å²) in [7, 11) is -2.39. The van der Waals surface area contributed by atoms with Gasteiger partial charge in [-0.1, -0.05) is 24.3 Å². The molecule has 2 heterocycles. The maximum Gasteiger partial charge on any atom is 0.283 e. The molecule has 0 radical (unpaired) electrons. The minimum absolute atomic E-state index is 0.0928. The van der Waals surface area contributed by atoms with Gasteiger partial charge in [0.25, 0.3) is 5.92 Å². The van der Waals surface area contributed by atoms with Crippen LogP contribution < -0.4 is 9.46 Å². The Balaban J connectivity index is 1.47. The number of hydrogen-bond donors (Lipinski definition) is 1. The van der Waals surface area contributed by atoms with Gasteiger partial charge in [-0.25, -0.2) is 26.9 Å². The van der Waals surface area contributed by atoms with Crippen molar-refractivity contribution in [1.82, 2.24) is 14.6 Å². The molecule has 188 valence electrons. The first-order chi connectivity index (χ1) is 16.6. The number of nitrogens with zero attached hydrogens (tertiary/aromatic N) is 2. The van der Waals surface area contributed by atoms with E-state index in [9.17, 15) is 13.2 Å². The number of halogens is 2. The minimum atomic E-state index is -3.92. The number of carbonyl (C=O) groups is 1. The average Bonchev–Trinajstić information content (AvgIpc) is 3.01. The second-order valence-electron chi connectivity index (χ2n) is 9.99. The van der Waals surface area contributed by atoms with Crippen LogP contribution in [0, 0.1) is 11.3 Å². The third-order valence-electron chi connectivity index (χ3n) is 7.66. The van der Waals surface area contributed by atoms with Gasteiger partial charge in [0, 0.05) is 11.6 Å². The van der Waals surface area contributed by atoms with Gasteiger partial charge < -0.3 is 9.64 Å². The summed E-state index contributed by atoms with van der Waals surface area (Å²) in [5, 5.41) is 0. The summed E-state index contributed by atoms with van der Waals surface area (Å²) in [6.45, 7) is 0.622. The molecule has 2 bridgehead atoms. The molecule has 3 saturated carbocycles. The highest BCUT2D eigenvalue weighted by Gasteiger charge is 2.66. The molecule has 2 atom stereocenters. The Morgan fingerprint density at radius 3 is 2.54 bits per heavy atom. The highest BCUT2D eigenvalue weighted by Crippen LogP contribution is 2.65. The van der Waals surface area contributed by atoms with E-state index in [0.717, 1.165) is 24.8 Å². The lowest BCUT2D eigenvalue weighted by Gasteiger charge is -2.61. The van der Waals surface area contributed by atoms with Crippen LogP contribution in [0.3, 0.4) is 0 Å². The van der Waals surface area contributed by atoms with Crippen molar-refractivity contribution >= 4 is 15.9 Å². The fraction of sp³-hybridized carbons (Fsp3) is 0.520. The Morgan fingerprint density at radius 1 is 1.20 bits per heavy atom. The standard InChI is InChI=1S/C25H29F2N3O4S/c1-3-35(32,33)29-22-20(30(15-25(22,26)27)23(31)24-12-17(13-24)14-24)11-16-6-4-7-18(10-16)19-8-5-9-21(28-19)34-2/h4-10,17,20,22,29H,3,11-15H2,1-2H3/t17?,20-,22+,24?/m0/s1. The quantitative estimate of drug-likeness (QED) is 0.595. The summed E-state index contributed by atoms with van der Waals surface area (Å²) in [5.41, 5.74) is 1.61. The number of benzene rings is 1. The van der Waals surface area contributed by atoms with Crippen LogP contribution in [-0.4, -0.2) is 61.6 Å². The van der Waals surface area contributed by atoms with Crippen LogP contribution in [0.5, 0.6) is 5.88 Å². The summed E-state index contributed by atoms with van der Waals surface area (Å²) < 4.78 is 62.5. The number of hydrogen-bond acceptors (Lipinski definition) is 5. The fourth-order valence-corrected chi connectivity index (χ4v) is 6.51. The van der Waals surface area contributed by atoms with Crippen molar-refractivity contribution in [3.8, 4) is 17.1 Å². The summed E-state index contributed by atoms with van der Waals surface area (Å²) in [6.07, 6.45) is 2.31. The number of likely N-dealkylation sites (tertiary alicyclic amines) is 1. The zero-order chi connectivity index (χ0) is 25.0. The van der Waals surface area contributed by atoms with Crippen molar-refractivity contribution in [3.05, 3.63) is 48.0 Å². The number of carbonyl (C=O) groups excluding carboxylic acids is 1. The van der Waals surface area contributed by atoms with E-state index in [4.69, 9.17) is 4.74 Å². The number of aromatic nitrogens is 1. The molecular weight excluding hydrogens is 476 g/mol. The highest BCUT2D eigenvalue weighted by atomic mass is 32.2. The summed E-state index contributed by atoms with van der Waals surface area (Å²) in [4.78, 5) is 19.1. The molecule has 6 rings (SSSR count). The van der Waals surface area contributed by atoms with E-state index in [1.165, 1.54) is 18.9 Å². The van der Waals surface area contributed by atoms with Gasteiger partial charge in [0.15, 0.2) is 0 Å². The van der Waals surface area contributed by atoms with Gasteiger partial charge >= 0.3 is 0 Å². The molecule has 7 nitrogen and oxygen atoms in total. The third-order valence-corrected chi connectivity index (χ3v) is 9.03. The normalized spacial score (nSPS) is 28.8. The Bertz CT molecular complexity index is 1240. The molecule has 1 aromatic heterocycles. The summed E-state index contributed by atoms with van der Waals surface area (Å²) >= 11 is 0. The molecule has 4 fully saturated rings. The monoisotopic (exact) mass is 505 g/mol. The number of nitrogens with one attached hydrogen (secondary N) is 1. The van der Waals surface area contributed by atoms with Crippen molar-refractivity contribution in [2.24, 2.45) is 11.3 Å². The van der Waals surface area contributed by atoms with E-state index in [0.29, 0.717) is 23.1 Å². The van der Waals surface area contributed by atoms with Gasteiger partial charge in [0.1, 0.15) is 6.04 Å². The van der Waals surface area contributed by atoms with Crippen LogP contribution in [-0.2, 0) is 21.2 Å². The largest absolute Gasteiger partial charge is 0.481 e. The van der Waals surface area contributed by atoms with Crippen LogP contribution in [0.1, 0.15) is 31.7 Å². The average molecular weight is 506 g/mol. The van der Waals surface area contributed by atoms with Gasteiger partial charge in [0.05, 0.1) is 36.6 Å². The first-order valence-corrected chi connectivity index (χ1v) is 13.5. The molecule has 1 saturated heterocycles. The number of amides is 1. The summed E-state index contributed by atoms with van der Waals surface area (Å²) in [6, 6.07) is 9.97. The maximum atomic E-state index is 15.2. The molecule has 1 aliphatic heterocycles. The molecule has 4 aliphatic rings. The highest BCUT2D eigenvalue weighted by molar-refractivity contribution is 7.89. The van der Waals surface area contributed by atoms with E-state index in [1.54, 1.807) is 18.2 Å². The molecule has 0 spiro atoms. The van der Waals surface area contributed by atoms with Crippen LogP contribution >= 0.6 is 0 Å². The number of rotatable bonds is 8. The smallest absolute Gasteiger partial charge is 0.283 e. The van der Waals surface area contributed by atoms with Crippen molar-refractivity contribution in [2.45, 2.75) is 50.6 Å². The number of methoxy groups -OCH3 is 1. The van der Waals surface area contributed by atoms with Crippen molar-refractivity contribution < 1.29 is 26.7 Å². The predicted octanol–water partition coefficient (Wildman–Crippen LogP) is 3.25. The first-order valence-electron chi connectivity index (χ1n) is 11.8. The molecule has 1 N–H and O–H groups in total. The van der Waals surface area contributed by atoms with Gasteiger partial charge in [-0.15, -0.1) is 0 Å². The predicted molar refractivity (Wildman–Crippen MR) is 127 cm³/mol. The van der Waals surface area contributed by atoms with E-state index in [1.807, 2.05) is 24.3 Å². The van der Waals surface area contributed by atoms with Crippen molar-refractivity contribution in [2.75, 3.05) is 19.4 Å². The molecule has 3 aliphatic carbocycles. The van der Waals surface area contributed by atoms with E-state index in [2.05, 4.69) is 9.71 Å². The number of sulfonamides is 1. The Hall–Kier alpha value is -2.59. The van der Waals surface area contributed by atoms with Crippen LogP contribution in [0.25, 0.3) is 11.3 Å². The molecule has 2 aromatic rings. The number of pyridine rings is 1. The molecule has 1 aromatic carbocycles. The zero-order valence-electron chi connectivity index (χ0n) is 19.7. The third kappa shape index (κ3) is 4.31. The van der Waals surface area contributed by atoms with Gasteiger partial charge in [-0.3, -0.25) is 4.79 Å². The Kier molecular flexibility index (Phi) is 5.87.